The molecule has 0 aliphatic rings. The summed E-state index contributed by atoms with van der Waals surface area (Å²) in [5.74, 6) is -0.633. The standard InChI is InChI=1S/C20H18FN3O2/c1-2-23(17-6-4-3-5-7-17)20(26)18-12-13-19(25)24(22-18)14-15-8-10-16(21)11-9-15/h3-13H,2,14H2,1H3. The Hall–Kier alpha value is -3.28. The van der Waals surface area contributed by atoms with E-state index in [0.717, 1.165) is 11.3 Å². The number of carbonyl (C=O) groups is 1. The van der Waals surface area contributed by atoms with Gasteiger partial charge in [0.05, 0.1) is 6.54 Å². The highest BCUT2D eigenvalue weighted by molar-refractivity contribution is 6.04. The van der Waals surface area contributed by atoms with Crippen molar-refractivity contribution in [3.8, 4) is 0 Å². The molecule has 6 heteroatoms. The number of amides is 1. The van der Waals surface area contributed by atoms with Crippen LogP contribution in [0.2, 0.25) is 0 Å². The highest BCUT2D eigenvalue weighted by Crippen LogP contribution is 2.15. The lowest BCUT2D eigenvalue weighted by Gasteiger charge is -2.20. The largest absolute Gasteiger partial charge is 0.307 e. The second-order valence-electron chi connectivity index (χ2n) is 5.73. The van der Waals surface area contributed by atoms with Gasteiger partial charge in [0, 0.05) is 18.3 Å². The molecule has 1 heterocycles. The maximum absolute atomic E-state index is 13.0. The van der Waals surface area contributed by atoms with Crippen LogP contribution < -0.4 is 10.5 Å². The van der Waals surface area contributed by atoms with Crippen LogP contribution in [0.1, 0.15) is 23.0 Å². The van der Waals surface area contributed by atoms with Gasteiger partial charge in [0.15, 0.2) is 0 Å². The van der Waals surface area contributed by atoms with Gasteiger partial charge >= 0.3 is 0 Å². The molecule has 1 amide bonds. The summed E-state index contributed by atoms with van der Waals surface area (Å²) < 4.78 is 14.2. The molecular formula is C20H18FN3O2. The van der Waals surface area contributed by atoms with Crippen LogP contribution in [-0.4, -0.2) is 22.2 Å². The summed E-state index contributed by atoms with van der Waals surface area (Å²) in [5, 5.41) is 4.20. The molecule has 0 spiro atoms. The Labute approximate surface area is 150 Å². The van der Waals surface area contributed by atoms with Gasteiger partial charge in [-0.05, 0) is 42.8 Å². The van der Waals surface area contributed by atoms with Crippen LogP contribution in [0.5, 0.6) is 0 Å². The van der Waals surface area contributed by atoms with Gasteiger partial charge in [0.25, 0.3) is 11.5 Å². The molecule has 2 aromatic carbocycles. The maximum atomic E-state index is 13.0. The fraction of sp³-hybridized carbons (Fsp3) is 0.150. The van der Waals surface area contributed by atoms with Crippen LogP contribution in [0.15, 0.2) is 71.5 Å². The molecule has 0 atom stereocenters. The second kappa shape index (κ2) is 7.74. The molecule has 0 aliphatic carbocycles. The average Bonchev–Trinajstić information content (AvgIpc) is 2.66. The molecule has 1 aromatic heterocycles. The van der Waals surface area contributed by atoms with E-state index in [1.807, 2.05) is 37.3 Å². The summed E-state index contributed by atoms with van der Waals surface area (Å²) in [6, 6.07) is 17.8. The summed E-state index contributed by atoms with van der Waals surface area (Å²) in [5.41, 5.74) is 1.34. The zero-order valence-corrected chi connectivity index (χ0v) is 14.3. The number of para-hydroxylation sites is 1. The van der Waals surface area contributed by atoms with E-state index in [1.54, 1.807) is 17.0 Å². The second-order valence-corrected chi connectivity index (χ2v) is 5.73. The SMILES string of the molecule is CCN(C(=O)c1ccc(=O)n(Cc2ccc(F)cc2)n1)c1ccccc1. The summed E-state index contributed by atoms with van der Waals surface area (Å²) in [7, 11) is 0. The molecule has 0 aliphatic heterocycles. The molecule has 3 rings (SSSR count). The van der Waals surface area contributed by atoms with E-state index in [9.17, 15) is 14.0 Å². The van der Waals surface area contributed by atoms with E-state index in [0.29, 0.717) is 6.54 Å². The summed E-state index contributed by atoms with van der Waals surface area (Å²) >= 11 is 0. The third-order valence-electron chi connectivity index (χ3n) is 3.96. The number of nitrogens with zero attached hydrogens (tertiary/aromatic N) is 3. The van der Waals surface area contributed by atoms with Crippen molar-refractivity contribution < 1.29 is 9.18 Å². The van der Waals surface area contributed by atoms with E-state index in [2.05, 4.69) is 5.10 Å². The van der Waals surface area contributed by atoms with Gasteiger partial charge in [0.1, 0.15) is 11.5 Å². The molecule has 0 unspecified atom stereocenters. The van der Waals surface area contributed by atoms with Gasteiger partial charge in [-0.1, -0.05) is 30.3 Å². The summed E-state index contributed by atoms with van der Waals surface area (Å²) in [4.78, 5) is 26.5. The minimum absolute atomic E-state index is 0.164. The molecule has 0 bridgehead atoms. The summed E-state index contributed by atoms with van der Waals surface area (Å²) in [6.07, 6.45) is 0. The molecular weight excluding hydrogens is 333 g/mol. The number of hydrogen-bond acceptors (Lipinski definition) is 3. The lowest BCUT2D eigenvalue weighted by Crippen LogP contribution is -2.34. The highest BCUT2D eigenvalue weighted by Gasteiger charge is 2.18. The zero-order chi connectivity index (χ0) is 18.5. The van der Waals surface area contributed by atoms with Crippen molar-refractivity contribution in [2.45, 2.75) is 13.5 Å². The van der Waals surface area contributed by atoms with Crippen LogP contribution in [0.25, 0.3) is 0 Å². The Balaban J connectivity index is 1.89. The van der Waals surface area contributed by atoms with E-state index < -0.39 is 0 Å². The Morgan fingerprint density at radius 1 is 1.04 bits per heavy atom. The fourth-order valence-corrected chi connectivity index (χ4v) is 2.63. The fourth-order valence-electron chi connectivity index (χ4n) is 2.63. The van der Waals surface area contributed by atoms with Gasteiger partial charge in [-0.25, -0.2) is 9.07 Å². The first-order chi connectivity index (χ1) is 12.6. The highest BCUT2D eigenvalue weighted by atomic mass is 19.1. The number of hydrogen-bond donors (Lipinski definition) is 0. The Morgan fingerprint density at radius 2 is 1.73 bits per heavy atom. The number of benzene rings is 2. The first kappa shape index (κ1) is 17.5. The predicted molar refractivity (Wildman–Crippen MR) is 97.8 cm³/mol. The first-order valence-corrected chi connectivity index (χ1v) is 8.28. The Bertz CT molecular complexity index is 953. The Kier molecular flexibility index (Phi) is 5.22. The van der Waals surface area contributed by atoms with Crippen molar-refractivity contribution in [3.63, 3.8) is 0 Å². The van der Waals surface area contributed by atoms with Gasteiger partial charge in [-0.2, -0.15) is 5.10 Å². The molecule has 132 valence electrons. The third kappa shape index (κ3) is 3.85. The van der Waals surface area contributed by atoms with E-state index in [-0.39, 0.29) is 29.5 Å². The van der Waals surface area contributed by atoms with Gasteiger partial charge in [-0.15, -0.1) is 0 Å². The van der Waals surface area contributed by atoms with Crippen molar-refractivity contribution in [3.05, 3.63) is 94.2 Å². The maximum Gasteiger partial charge on any atom is 0.278 e. The predicted octanol–water partition coefficient (Wildman–Crippen LogP) is 3.10. The van der Waals surface area contributed by atoms with Gasteiger partial charge in [-0.3, -0.25) is 9.59 Å². The minimum Gasteiger partial charge on any atom is -0.307 e. The smallest absolute Gasteiger partial charge is 0.278 e. The topological polar surface area (TPSA) is 55.2 Å². The normalized spacial score (nSPS) is 10.5. The zero-order valence-electron chi connectivity index (χ0n) is 14.3. The molecule has 26 heavy (non-hydrogen) atoms. The Morgan fingerprint density at radius 3 is 2.38 bits per heavy atom. The van der Waals surface area contributed by atoms with E-state index in [4.69, 9.17) is 0 Å². The number of anilines is 1. The molecule has 3 aromatic rings. The van der Waals surface area contributed by atoms with Crippen LogP contribution in [0.4, 0.5) is 10.1 Å². The van der Waals surface area contributed by atoms with Gasteiger partial charge in [0.2, 0.25) is 0 Å². The van der Waals surface area contributed by atoms with Crippen molar-refractivity contribution in [1.82, 2.24) is 9.78 Å². The molecule has 0 radical (unpaired) electrons. The van der Waals surface area contributed by atoms with Crippen LogP contribution in [0, 0.1) is 5.82 Å². The van der Waals surface area contributed by atoms with Crippen molar-refractivity contribution in [2.24, 2.45) is 0 Å². The number of halogens is 1. The molecule has 0 saturated heterocycles. The molecule has 0 fully saturated rings. The molecule has 0 saturated carbocycles. The van der Waals surface area contributed by atoms with E-state index >= 15 is 0 Å². The van der Waals surface area contributed by atoms with E-state index in [1.165, 1.54) is 28.9 Å². The first-order valence-electron chi connectivity index (χ1n) is 8.28. The third-order valence-corrected chi connectivity index (χ3v) is 3.96. The monoisotopic (exact) mass is 351 g/mol. The number of aromatic nitrogens is 2. The number of rotatable bonds is 5. The number of carbonyl (C=O) groups excluding carboxylic acids is 1. The van der Waals surface area contributed by atoms with Crippen LogP contribution in [0.3, 0.4) is 0 Å². The minimum atomic E-state index is -0.348. The summed E-state index contributed by atoms with van der Waals surface area (Å²) in [6.45, 7) is 2.51. The molecule has 5 nitrogen and oxygen atoms in total. The lowest BCUT2D eigenvalue weighted by atomic mass is 10.2. The lowest BCUT2D eigenvalue weighted by molar-refractivity contribution is 0.0981. The van der Waals surface area contributed by atoms with Crippen LogP contribution in [-0.2, 0) is 6.54 Å². The van der Waals surface area contributed by atoms with Crippen molar-refractivity contribution in [1.29, 1.82) is 0 Å². The average molecular weight is 351 g/mol. The van der Waals surface area contributed by atoms with Crippen LogP contribution >= 0.6 is 0 Å². The van der Waals surface area contributed by atoms with Crippen molar-refractivity contribution in [2.75, 3.05) is 11.4 Å². The quantitative estimate of drug-likeness (QED) is 0.710. The molecule has 0 N–H and O–H groups in total. The van der Waals surface area contributed by atoms with Gasteiger partial charge < -0.3 is 4.90 Å². The van der Waals surface area contributed by atoms with Crippen molar-refractivity contribution >= 4 is 11.6 Å².